The van der Waals surface area contributed by atoms with E-state index in [9.17, 15) is 4.79 Å². The first kappa shape index (κ1) is 14.5. The highest BCUT2D eigenvalue weighted by Gasteiger charge is 2.22. The largest absolute Gasteiger partial charge is 0.395 e. The molecule has 0 aromatic carbocycles. The maximum Gasteiger partial charge on any atom is 0.276 e. The van der Waals surface area contributed by atoms with Gasteiger partial charge in [0.15, 0.2) is 5.69 Å². The summed E-state index contributed by atoms with van der Waals surface area (Å²) in [7, 11) is 0. The Balaban J connectivity index is 2.86. The van der Waals surface area contributed by atoms with E-state index in [-0.39, 0.29) is 5.91 Å². The number of carbonyl (C=O) groups excluding carboxylic acids is 1. The molecule has 0 aliphatic heterocycles. The van der Waals surface area contributed by atoms with Gasteiger partial charge in [-0.25, -0.2) is 0 Å². The van der Waals surface area contributed by atoms with Crippen LogP contribution in [0, 0.1) is 5.92 Å². The summed E-state index contributed by atoms with van der Waals surface area (Å²) in [5, 5.41) is 6.88. The Bertz CT molecular complexity index is 400. The number of amides is 1. The third kappa shape index (κ3) is 3.03. The monoisotopic (exact) mass is 252 g/mol. The Morgan fingerprint density at radius 3 is 2.56 bits per heavy atom. The van der Waals surface area contributed by atoms with Gasteiger partial charge in [0.1, 0.15) is 0 Å². The number of rotatable bonds is 6. The van der Waals surface area contributed by atoms with Gasteiger partial charge in [-0.2, -0.15) is 5.10 Å². The number of aromatic nitrogens is 2. The molecule has 1 amide bonds. The normalized spacial score (nSPS) is 12.4. The minimum absolute atomic E-state index is 0.0775. The Hall–Kier alpha value is -1.52. The number of anilines is 1. The fourth-order valence-corrected chi connectivity index (χ4v) is 1.83. The number of hydrogen-bond donors (Lipinski definition) is 2. The van der Waals surface area contributed by atoms with Crippen LogP contribution in [-0.4, -0.2) is 34.1 Å². The maximum absolute atomic E-state index is 12.3. The molecular weight excluding hydrogens is 228 g/mol. The van der Waals surface area contributed by atoms with Crippen LogP contribution in [-0.2, 0) is 6.42 Å². The van der Waals surface area contributed by atoms with Crippen LogP contribution < -0.4 is 5.73 Å². The molecule has 1 aromatic rings. The van der Waals surface area contributed by atoms with Gasteiger partial charge in [-0.15, -0.1) is 0 Å². The Morgan fingerprint density at radius 2 is 2.11 bits per heavy atom. The average Bonchev–Trinajstić information content (AvgIpc) is 2.75. The molecule has 5 nitrogen and oxygen atoms in total. The summed E-state index contributed by atoms with van der Waals surface area (Å²) in [6.07, 6.45) is 1.81. The summed E-state index contributed by atoms with van der Waals surface area (Å²) >= 11 is 0. The molecule has 0 saturated heterocycles. The number of nitrogens with two attached hydrogens (primary N) is 1. The highest BCUT2D eigenvalue weighted by atomic mass is 16.2. The van der Waals surface area contributed by atoms with Crippen molar-refractivity contribution in [3.05, 3.63) is 11.4 Å². The standard InChI is InChI=1S/C13H24N4O/c1-5-9(4)8-17(7-3)13(18)12-11(14)10(6-2)15-16-12/h9H,5-8,14H2,1-4H3,(H,15,16). The molecule has 102 valence electrons. The SMILES string of the molecule is CCc1[nH]nc(C(=O)N(CC)CC(C)CC)c1N. The number of nitrogens with one attached hydrogen (secondary N) is 1. The van der Waals surface area contributed by atoms with Crippen molar-refractivity contribution in [1.29, 1.82) is 0 Å². The van der Waals surface area contributed by atoms with E-state index < -0.39 is 0 Å². The van der Waals surface area contributed by atoms with Gasteiger partial charge in [0.05, 0.1) is 11.4 Å². The van der Waals surface area contributed by atoms with Crippen molar-refractivity contribution in [1.82, 2.24) is 15.1 Å². The van der Waals surface area contributed by atoms with Crippen LogP contribution in [0.3, 0.4) is 0 Å². The highest BCUT2D eigenvalue weighted by molar-refractivity contribution is 5.97. The summed E-state index contributed by atoms with van der Waals surface area (Å²) in [5.41, 5.74) is 7.61. The number of hydrogen-bond acceptors (Lipinski definition) is 3. The van der Waals surface area contributed by atoms with Gasteiger partial charge in [-0.05, 0) is 19.3 Å². The van der Waals surface area contributed by atoms with Crippen LogP contribution in [0.25, 0.3) is 0 Å². The zero-order valence-electron chi connectivity index (χ0n) is 11.8. The van der Waals surface area contributed by atoms with Gasteiger partial charge < -0.3 is 10.6 Å². The van der Waals surface area contributed by atoms with Crippen molar-refractivity contribution in [2.45, 2.75) is 40.5 Å². The predicted molar refractivity (Wildman–Crippen MR) is 73.4 cm³/mol. The lowest BCUT2D eigenvalue weighted by Gasteiger charge is -2.23. The molecule has 0 aliphatic rings. The van der Waals surface area contributed by atoms with Crippen LogP contribution in [0.5, 0.6) is 0 Å². The second-order valence-corrected chi connectivity index (χ2v) is 4.68. The van der Waals surface area contributed by atoms with Crippen LogP contribution in [0.15, 0.2) is 0 Å². The lowest BCUT2D eigenvalue weighted by atomic mass is 10.1. The van der Waals surface area contributed by atoms with E-state index in [2.05, 4.69) is 24.0 Å². The van der Waals surface area contributed by atoms with E-state index >= 15 is 0 Å². The molecule has 1 unspecified atom stereocenters. The molecule has 0 saturated carbocycles. The second-order valence-electron chi connectivity index (χ2n) is 4.68. The van der Waals surface area contributed by atoms with Gasteiger partial charge >= 0.3 is 0 Å². The van der Waals surface area contributed by atoms with Crippen molar-refractivity contribution in [2.24, 2.45) is 5.92 Å². The van der Waals surface area contributed by atoms with Gasteiger partial charge in [-0.1, -0.05) is 27.2 Å². The van der Waals surface area contributed by atoms with Crippen LogP contribution >= 0.6 is 0 Å². The smallest absolute Gasteiger partial charge is 0.276 e. The lowest BCUT2D eigenvalue weighted by Crippen LogP contribution is -2.35. The summed E-state index contributed by atoms with van der Waals surface area (Å²) in [5.74, 6) is 0.408. The minimum Gasteiger partial charge on any atom is -0.395 e. The molecule has 0 bridgehead atoms. The van der Waals surface area contributed by atoms with Crippen LogP contribution in [0.4, 0.5) is 5.69 Å². The topological polar surface area (TPSA) is 75.0 Å². The molecule has 0 aliphatic carbocycles. The molecule has 0 fully saturated rings. The van der Waals surface area contributed by atoms with Crippen LogP contribution in [0.1, 0.15) is 50.3 Å². The molecule has 1 heterocycles. The van der Waals surface area contributed by atoms with Gasteiger partial charge in [0, 0.05) is 13.1 Å². The number of carbonyl (C=O) groups is 1. The molecule has 0 radical (unpaired) electrons. The molecular formula is C13H24N4O. The zero-order valence-corrected chi connectivity index (χ0v) is 11.8. The molecule has 1 atom stereocenters. The van der Waals surface area contributed by atoms with Crippen molar-refractivity contribution < 1.29 is 4.79 Å². The second kappa shape index (κ2) is 6.42. The fourth-order valence-electron chi connectivity index (χ4n) is 1.83. The first-order valence-electron chi connectivity index (χ1n) is 6.66. The van der Waals surface area contributed by atoms with Crippen LogP contribution in [0.2, 0.25) is 0 Å². The minimum atomic E-state index is -0.0775. The quantitative estimate of drug-likeness (QED) is 0.813. The average molecular weight is 252 g/mol. The summed E-state index contributed by atoms with van der Waals surface area (Å²) in [6.45, 7) is 9.65. The van der Waals surface area contributed by atoms with E-state index in [1.54, 1.807) is 4.90 Å². The molecule has 1 rings (SSSR count). The van der Waals surface area contributed by atoms with Gasteiger partial charge in [0.25, 0.3) is 5.91 Å². The third-order valence-corrected chi connectivity index (χ3v) is 3.34. The maximum atomic E-state index is 12.3. The molecule has 5 heteroatoms. The van der Waals surface area contributed by atoms with E-state index in [0.29, 0.717) is 23.8 Å². The number of H-pyrrole nitrogens is 1. The number of aromatic amines is 1. The molecule has 1 aromatic heterocycles. The Morgan fingerprint density at radius 1 is 1.44 bits per heavy atom. The van der Waals surface area contributed by atoms with Crippen molar-refractivity contribution in [3.63, 3.8) is 0 Å². The Labute approximate surface area is 109 Å². The predicted octanol–water partition coefficient (Wildman–Crippen LogP) is 2.06. The first-order chi connectivity index (χ1) is 8.54. The highest BCUT2D eigenvalue weighted by Crippen LogP contribution is 2.17. The van der Waals surface area contributed by atoms with Gasteiger partial charge in [-0.3, -0.25) is 9.89 Å². The van der Waals surface area contributed by atoms with E-state index in [1.165, 1.54) is 0 Å². The van der Waals surface area contributed by atoms with E-state index in [0.717, 1.165) is 25.1 Å². The fraction of sp³-hybridized carbons (Fsp3) is 0.692. The first-order valence-corrected chi connectivity index (χ1v) is 6.66. The summed E-state index contributed by atoms with van der Waals surface area (Å²) in [4.78, 5) is 14.1. The number of aryl methyl sites for hydroxylation is 1. The molecule has 3 N–H and O–H groups in total. The van der Waals surface area contributed by atoms with Crippen molar-refractivity contribution in [3.8, 4) is 0 Å². The zero-order chi connectivity index (χ0) is 13.7. The van der Waals surface area contributed by atoms with Crippen molar-refractivity contribution >= 4 is 11.6 Å². The molecule has 0 spiro atoms. The number of nitrogens with zero attached hydrogens (tertiary/aromatic N) is 2. The van der Waals surface area contributed by atoms with Gasteiger partial charge in [0.2, 0.25) is 0 Å². The summed E-state index contributed by atoms with van der Waals surface area (Å²) < 4.78 is 0. The molecule has 18 heavy (non-hydrogen) atoms. The number of nitrogen functional groups attached to an aromatic ring is 1. The Kier molecular flexibility index (Phi) is 5.19. The lowest BCUT2D eigenvalue weighted by molar-refractivity contribution is 0.0736. The third-order valence-electron chi connectivity index (χ3n) is 3.34. The van der Waals surface area contributed by atoms with Crippen molar-refractivity contribution in [2.75, 3.05) is 18.8 Å². The van der Waals surface area contributed by atoms with E-state index in [4.69, 9.17) is 5.73 Å². The summed E-state index contributed by atoms with van der Waals surface area (Å²) in [6, 6.07) is 0. The van der Waals surface area contributed by atoms with E-state index in [1.807, 2.05) is 13.8 Å².